The van der Waals surface area contributed by atoms with Crippen LogP contribution >= 0.6 is 11.6 Å². The molecule has 2 N–H and O–H groups in total. The van der Waals surface area contributed by atoms with Crippen LogP contribution in [0, 0.1) is 12.8 Å². The molecule has 1 saturated heterocycles. The van der Waals surface area contributed by atoms with Gasteiger partial charge in [0.05, 0.1) is 5.69 Å². The number of aryl methyl sites for hydroxylation is 1. The first-order valence-corrected chi connectivity index (χ1v) is 8.92. The normalized spacial score (nSPS) is 17.4. The first kappa shape index (κ1) is 17.7. The van der Waals surface area contributed by atoms with Crippen LogP contribution in [0.5, 0.6) is 0 Å². The largest absolute Gasteiger partial charge is 0.338 e. The fourth-order valence-electron chi connectivity index (χ4n) is 3.13. The van der Waals surface area contributed by atoms with E-state index < -0.39 is 0 Å². The lowest BCUT2D eigenvalue weighted by Gasteiger charge is -2.18. The Kier molecular flexibility index (Phi) is 5.89. The highest BCUT2D eigenvalue weighted by Gasteiger charge is 2.23. The molecule has 1 atom stereocenters. The third-order valence-electron chi connectivity index (χ3n) is 4.58. The second-order valence-electron chi connectivity index (χ2n) is 6.49. The third kappa shape index (κ3) is 4.94. The molecule has 1 aromatic carbocycles. The Morgan fingerprint density at radius 3 is 2.96 bits per heavy atom. The van der Waals surface area contributed by atoms with Crippen molar-refractivity contribution in [3.63, 3.8) is 0 Å². The summed E-state index contributed by atoms with van der Waals surface area (Å²) < 4.78 is 0. The van der Waals surface area contributed by atoms with Gasteiger partial charge in [-0.25, -0.2) is 9.78 Å². The number of halogens is 1. The number of hydrogen-bond donors (Lipinski definition) is 2. The Labute approximate surface area is 153 Å². The standard InChI is InChI=1S/C19H23ClN4O/c1-14-5-2-3-6-16(14)13-24-10-8-15(12-24)11-22-19(25)23-17-7-4-9-21-18(17)20/h2-7,9,15H,8,10-13H2,1H3,(H2,22,23,25)/t15-/m0/s1. The van der Waals surface area contributed by atoms with Crippen molar-refractivity contribution in [1.29, 1.82) is 0 Å². The summed E-state index contributed by atoms with van der Waals surface area (Å²) in [7, 11) is 0. The second-order valence-corrected chi connectivity index (χ2v) is 6.85. The monoisotopic (exact) mass is 358 g/mol. The highest BCUT2D eigenvalue weighted by Crippen LogP contribution is 2.20. The molecule has 1 aromatic heterocycles. The Hall–Kier alpha value is -2.11. The van der Waals surface area contributed by atoms with Crippen LogP contribution in [0.15, 0.2) is 42.6 Å². The van der Waals surface area contributed by atoms with E-state index in [9.17, 15) is 4.79 Å². The molecular formula is C19H23ClN4O. The van der Waals surface area contributed by atoms with Gasteiger partial charge in [-0.2, -0.15) is 0 Å². The summed E-state index contributed by atoms with van der Waals surface area (Å²) in [5.41, 5.74) is 3.23. The average molecular weight is 359 g/mol. The second kappa shape index (κ2) is 8.32. The maximum atomic E-state index is 12.0. The molecule has 0 radical (unpaired) electrons. The lowest BCUT2D eigenvalue weighted by Crippen LogP contribution is -2.34. The van der Waals surface area contributed by atoms with Gasteiger partial charge in [0.15, 0.2) is 5.15 Å². The number of carbonyl (C=O) groups is 1. The summed E-state index contributed by atoms with van der Waals surface area (Å²) in [6, 6.07) is 11.7. The predicted molar refractivity (Wildman–Crippen MR) is 101 cm³/mol. The number of carbonyl (C=O) groups excluding carboxylic acids is 1. The zero-order chi connectivity index (χ0) is 17.6. The zero-order valence-electron chi connectivity index (χ0n) is 14.3. The molecule has 0 bridgehead atoms. The van der Waals surface area contributed by atoms with Gasteiger partial charge in [-0.15, -0.1) is 0 Å². The number of benzene rings is 1. The minimum absolute atomic E-state index is 0.243. The molecule has 0 spiro atoms. The summed E-state index contributed by atoms with van der Waals surface area (Å²) in [6.07, 6.45) is 2.69. The van der Waals surface area contributed by atoms with Crippen molar-refractivity contribution < 1.29 is 4.79 Å². The van der Waals surface area contributed by atoms with Gasteiger partial charge in [-0.05, 0) is 49.1 Å². The van der Waals surface area contributed by atoms with Gasteiger partial charge in [-0.3, -0.25) is 4.90 Å². The highest BCUT2D eigenvalue weighted by molar-refractivity contribution is 6.32. The molecule has 3 rings (SSSR count). The van der Waals surface area contributed by atoms with Crippen molar-refractivity contribution in [2.75, 3.05) is 25.0 Å². The van der Waals surface area contributed by atoms with E-state index in [0.717, 1.165) is 26.1 Å². The van der Waals surface area contributed by atoms with Crippen molar-refractivity contribution in [2.24, 2.45) is 5.92 Å². The van der Waals surface area contributed by atoms with Crippen molar-refractivity contribution >= 4 is 23.3 Å². The van der Waals surface area contributed by atoms with Crippen LogP contribution in [0.4, 0.5) is 10.5 Å². The fraction of sp³-hybridized carbons (Fsp3) is 0.368. The molecule has 0 unspecified atom stereocenters. The smallest absolute Gasteiger partial charge is 0.319 e. The number of pyridine rings is 1. The molecule has 6 heteroatoms. The molecule has 0 aliphatic carbocycles. The molecule has 1 aliphatic heterocycles. The van der Waals surface area contributed by atoms with E-state index in [0.29, 0.717) is 23.3 Å². The lowest BCUT2D eigenvalue weighted by molar-refractivity contribution is 0.249. The molecule has 132 valence electrons. The maximum Gasteiger partial charge on any atom is 0.319 e. The van der Waals surface area contributed by atoms with Gasteiger partial charge in [-0.1, -0.05) is 35.9 Å². The zero-order valence-corrected chi connectivity index (χ0v) is 15.1. The Balaban J connectivity index is 1.43. The molecule has 2 aromatic rings. The van der Waals surface area contributed by atoms with Gasteiger partial charge in [0.2, 0.25) is 0 Å². The van der Waals surface area contributed by atoms with E-state index in [4.69, 9.17) is 11.6 Å². The van der Waals surface area contributed by atoms with E-state index in [2.05, 4.69) is 51.7 Å². The van der Waals surface area contributed by atoms with E-state index in [-0.39, 0.29) is 6.03 Å². The van der Waals surface area contributed by atoms with E-state index in [1.807, 2.05) is 0 Å². The molecular weight excluding hydrogens is 336 g/mol. The predicted octanol–water partition coefficient (Wildman–Crippen LogP) is 3.69. The molecule has 2 heterocycles. The molecule has 1 aliphatic rings. The van der Waals surface area contributed by atoms with Gasteiger partial charge >= 0.3 is 6.03 Å². The quantitative estimate of drug-likeness (QED) is 0.801. The van der Waals surface area contributed by atoms with Crippen LogP contribution < -0.4 is 10.6 Å². The maximum absolute atomic E-state index is 12.0. The Morgan fingerprint density at radius 2 is 2.16 bits per heavy atom. The van der Waals surface area contributed by atoms with Crippen LogP contribution in [0.1, 0.15) is 17.5 Å². The van der Waals surface area contributed by atoms with E-state index in [1.54, 1.807) is 18.3 Å². The molecule has 1 fully saturated rings. The summed E-state index contributed by atoms with van der Waals surface area (Å²) in [5, 5.41) is 5.96. The first-order valence-electron chi connectivity index (χ1n) is 8.54. The van der Waals surface area contributed by atoms with Crippen LogP contribution in [0.2, 0.25) is 5.15 Å². The van der Waals surface area contributed by atoms with Crippen molar-refractivity contribution in [2.45, 2.75) is 19.9 Å². The van der Waals surface area contributed by atoms with Crippen molar-refractivity contribution in [1.82, 2.24) is 15.2 Å². The average Bonchev–Trinajstić information content (AvgIpc) is 3.05. The van der Waals surface area contributed by atoms with Crippen LogP contribution in [-0.2, 0) is 6.54 Å². The number of nitrogens with one attached hydrogen (secondary N) is 2. The molecule has 5 nitrogen and oxygen atoms in total. The number of anilines is 1. The Morgan fingerprint density at radius 1 is 1.32 bits per heavy atom. The summed E-state index contributed by atoms with van der Waals surface area (Å²) in [5.74, 6) is 0.471. The van der Waals surface area contributed by atoms with Crippen LogP contribution in [0.3, 0.4) is 0 Å². The summed E-state index contributed by atoms with van der Waals surface area (Å²) >= 11 is 5.94. The molecule has 0 saturated carbocycles. The highest BCUT2D eigenvalue weighted by atomic mass is 35.5. The van der Waals surface area contributed by atoms with Crippen molar-refractivity contribution in [3.05, 3.63) is 58.9 Å². The number of urea groups is 1. The number of rotatable bonds is 5. The fourth-order valence-corrected chi connectivity index (χ4v) is 3.30. The number of hydrogen-bond acceptors (Lipinski definition) is 3. The minimum atomic E-state index is -0.243. The minimum Gasteiger partial charge on any atom is -0.338 e. The third-order valence-corrected chi connectivity index (χ3v) is 4.88. The number of likely N-dealkylation sites (tertiary alicyclic amines) is 1. The number of nitrogens with zero attached hydrogens (tertiary/aromatic N) is 2. The van der Waals surface area contributed by atoms with Gasteiger partial charge in [0.25, 0.3) is 0 Å². The van der Waals surface area contributed by atoms with Crippen LogP contribution in [-0.4, -0.2) is 35.5 Å². The topological polar surface area (TPSA) is 57.3 Å². The SMILES string of the molecule is Cc1ccccc1CN1CC[C@@H](CNC(=O)Nc2cccnc2Cl)C1. The Bertz CT molecular complexity index is 737. The van der Waals surface area contributed by atoms with Gasteiger partial charge in [0.1, 0.15) is 0 Å². The van der Waals surface area contributed by atoms with Gasteiger partial charge < -0.3 is 10.6 Å². The molecule has 2 amide bonds. The van der Waals surface area contributed by atoms with Crippen LogP contribution in [0.25, 0.3) is 0 Å². The molecule has 25 heavy (non-hydrogen) atoms. The van der Waals surface area contributed by atoms with E-state index >= 15 is 0 Å². The summed E-state index contributed by atoms with van der Waals surface area (Å²) in [4.78, 5) is 18.4. The van der Waals surface area contributed by atoms with Crippen molar-refractivity contribution in [3.8, 4) is 0 Å². The van der Waals surface area contributed by atoms with Gasteiger partial charge in [0, 0.05) is 25.8 Å². The van der Waals surface area contributed by atoms with E-state index in [1.165, 1.54) is 11.1 Å². The number of aromatic nitrogens is 1. The number of amides is 2. The lowest BCUT2D eigenvalue weighted by atomic mass is 10.1. The first-order chi connectivity index (χ1) is 12.1. The summed E-state index contributed by atoms with van der Waals surface area (Å²) in [6.45, 7) is 5.85.